The predicted molar refractivity (Wildman–Crippen MR) is 81.2 cm³/mol. The average molecular weight is 269 g/mol. The standard InChI is InChI=1S/C17H19NO2/c1-12-8-9-13(2)16(10-12)18-11-15(17(19)20)14-6-4-3-5-7-14/h3-10,15,18H,11H2,1-2H3,(H,19,20). The molecule has 0 bridgehead atoms. The van der Waals surface area contributed by atoms with Crippen molar-refractivity contribution in [1.29, 1.82) is 0 Å². The molecule has 0 saturated carbocycles. The first-order chi connectivity index (χ1) is 9.58. The Balaban J connectivity index is 2.14. The molecule has 0 heterocycles. The van der Waals surface area contributed by atoms with Crippen molar-refractivity contribution in [3.8, 4) is 0 Å². The first kappa shape index (κ1) is 14.1. The van der Waals surface area contributed by atoms with Crippen LogP contribution in [0.2, 0.25) is 0 Å². The lowest BCUT2D eigenvalue weighted by atomic mass is 9.99. The zero-order chi connectivity index (χ0) is 14.5. The van der Waals surface area contributed by atoms with Gasteiger partial charge in [0.15, 0.2) is 0 Å². The third-order valence-corrected chi connectivity index (χ3v) is 3.39. The van der Waals surface area contributed by atoms with Crippen LogP contribution in [0.1, 0.15) is 22.6 Å². The van der Waals surface area contributed by atoms with Gasteiger partial charge in [0.1, 0.15) is 0 Å². The van der Waals surface area contributed by atoms with Crippen LogP contribution in [0.4, 0.5) is 5.69 Å². The first-order valence-electron chi connectivity index (χ1n) is 6.67. The fourth-order valence-corrected chi connectivity index (χ4v) is 2.17. The highest BCUT2D eigenvalue weighted by atomic mass is 16.4. The third-order valence-electron chi connectivity index (χ3n) is 3.39. The lowest BCUT2D eigenvalue weighted by molar-refractivity contribution is -0.138. The lowest BCUT2D eigenvalue weighted by Gasteiger charge is -2.16. The summed E-state index contributed by atoms with van der Waals surface area (Å²) >= 11 is 0. The number of hydrogen-bond acceptors (Lipinski definition) is 2. The molecule has 0 aromatic heterocycles. The topological polar surface area (TPSA) is 49.3 Å². The summed E-state index contributed by atoms with van der Waals surface area (Å²) in [5, 5.41) is 12.6. The molecule has 2 aromatic carbocycles. The first-order valence-corrected chi connectivity index (χ1v) is 6.67. The fraction of sp³-hybridized carbons (Fsp3) is 0.235. The predicted octanol–water partition coefficient (Wildman–Crippen LogP) is 3.58. The van der Waals surface area contributed by atoms with Crippen LogP contribution in [-0.2, 0) is 4.79 Å². The summed E-state index contributed by atoms with van der Waals surface area (Å²) in [5.74, 6) is -1.36. The van der Waals surface area contributed by atoms with E-state index in [1.54, 1.807) is 0 Å². The largest absolute Gasteiger partial charge is 0.481 e. The van der Waals surface area contributed by atoms with Gasteiger partial charge in [-0.1, -0.05) is 42.5 Å². The monoisotopic (exact) mass is 269 g/mol. The molecule has 2 rings (SSSR count). The summed E-state index contributed by atoms with van der Waals surface area (Å²) < 4.78 is 0. The van der Waals surface area contributed by atoms with Gasteiger partial charge < -0.3 is 10.4 Å². The molecular formula is C17H19NO2. The Bertz CT molecular complexity index is 593. The van der Waals surface area contributed by atoms with Crippen LogP contribution in [-0.4, -0.2) is 17.6 Å². The van der Waals surface area contributed by atoms with E-state index in [9.17, 15) is 9.90 Å². The van der Waals surface area contributed by atoms with Gasteiger partial charge in [-0.25, -0.2) is 0 Å². The van der Waals surface area contributed by atoms with E-state index < -0.39 is 11.9 Å². The second-order valence-corrected chi connectivity index (χ2v) is 5.00. The fourth-order valence-electron chi connectivity index (χ4n) is 2.17. The van der Waals surface area contributed by atoms with Crippen molar-refractivity contribution in [3.63, 3.8) is 0 Å². The Morgan fingerprint density at radius 1 is 1.15 bits per heavy atom. The number of nitrogens with one attached hydrogen (secondary N) is 1. The summed E-state index contributed by atoms with van der Waals surface area (Å²) in [6, 6.07) is 15.4. The van der Waals surface area contributed by atoms with E-state index in [0.29, 0.717) is 6.54 Å². The molecule has 0 radical (unpaired) electrons. The maximum atomic E-state index is 11.4. The molecule has 0 aliphatic rings. The van der Waals surface area contributed by atoms with Gasteiger partial charge in [-0.05, 0) is 36.6 Å². The minimum atomic E-state index is -0.811. The number of rotatable bonds is 5. The summed E-state index contributed by atoms with van der Waals surface area (Å²) in [5.41, 5.74) is 4.09. The van der Waals surface area contributed by atoms with Crippen molar-refractivity contribution in [2.75, 3.05) is 11.9 Å². The van der Waals surface area contributed by atoms with Gasteiger partial charge in [0.05, 0.1) is 5.92 Å². The molecule has 0 fully saturated rings. The average Bonchev–Trinajstić information content (AvgIpc) is 2.43. The van der Waals surface area contributed by atoms with Crippen LogP contribution < -0.4 is 5.32 Å². The SMILES string of the molecule is Cc1ccc(C)c(NCC(C(=O)O)c2ccccc2)c1. The van der Waals surface area contributed by atoms with E-state index in [0.717, 1.165) is 22.4 Å². The van der Waals surface area contributed by atoms with Gasteiger partial charge in [0.25, 0.3) is 0 Å². The van der Waals surface area contributed by atoms with Crippen LogP contribution in [0.15, 0.2) is 48.5 Å². The zero-order valence-corrected chi connectivity index (χ0v) is 11.8. The molecule has 104 valence electrons. The Kier molecular flexibility index (Phi) is 4.41. The maximum Gasteiger partial charge on any atom is 0.312 e. The number of aryl methyl sites for hydroxylation is 2. The van der Waals surface area contributed by atoms with Crippen molar-refractivity contribution in [1.82, 2.24) is 0 Å². The molecule has 0 saturated heterocycles. The number of hydrogen-bond donors (Lipinski definition) is 2. The summed E-state index contributed by atoms with van der Waals surface area (Å²) in [4.78, 5) is 11.4. The molecule has 0 spiro atoms. The molecule has 3 nitrogen and oxygen atoms in total. The van der Waals surface area contributed by atoms with Gasteiger partial charge in [0, 0.05) is 12.2 Å². The van der Waals surface area contributed by atoms with Crippen LogP contribution in [0.25, 0.3) is 0 Å². The smallest absolute Gasteiger partial charge is 0.312 e. The number of anilines is 1. The van der Waals surface area contributed by atoms with Crippen LogP contribution in [0.3, 0.4) is 0 Å². The Labute approximate surface area is 119 Å². The Morgan fingerprint density at radius 3 is 2.50 bits per heavy atom. The Hall–Kier alpha value is -2.29. The normalized spacial score (nSPS) is 11.9. The molecule has 1 unspecified atom stereocenters. The highest BCUT2D eigenvalue weighted by Crippen LogP contribution is 2.20. The summed E-state index contributed by atoms with van der Waals surface area (Å²) in [6.45, 7) is 4.42. The molecular weight excluding hydrogens is 250 g/mol. The second-order valence-electron chi connectivity index (χ2n) is 5.00. The van der Waals surface area contributed by atoms with E-state index in [-0.39, 0.29) is 0 Å². The van der Waals surface area contributed by atoms with Gasteiger partial charge in [0.2, 0.25) is 0 Å². The van der Waals surface area contributed by atoms with Gasteiger partial charge in [-0.3, -0.25) is 4.79 Å². The summed E-state index contributed by atoms with van der Waals surface area (Å²) in [6.07, 6.45) is 0. The minimum Gasteiger partial charge on any atom is -0.481 e. The van der Waals surface area contributed by atoms with E-state index in [1.807, 2.05) is 62.4 Å². The van der Waals surface area contributed by atoms with Crippen LogP contribution in [0.5, 0.6) is 0 Å². The molecule has 0 aliphatic carbocycles. The quantitative estimate of drug-likeness (QED) is 0.872. The number of carboxylic acids is 1. The number of carboxylic acid groups (broad SMARTS) is 1. The molecule has 3 heteroatoms. The number of benzene rings is 2. The molecule has 2 aromatic rings. The molecule has 20 heavy (non-hydrogen) atoms. The van der Waals surface area contributed by atoms with E-state index in [1.165, 1.54) is 0 Å². The van der Waals surface area contributed by atoms with Crippen LogP contribution in [0, 0.1) is 13.8 Å². The molecule has 0 amide bonds. The van der Waals surface area contributed by atoms with E-state index in [4.69, 9.17) is 0 Å². The van der Waals surface area contributed by atoms with Crippen LogP contribution >= 0.6 is 0 Å². The van der Waals surface area contributed by atoms with Gasteiger partial charge >= 0.3 is 5.97 Å². The zero-order valence-electron chi connectivity index (χ0n) is 11.8. The van der Waals surface area contributed by atoms with Gasteiger partial charge in [-0.15, -0.1) is 0 Å². The summed E-state index contributed by atoms with van der Waals surface area (Å²) in [7, 11) is 0. The minimum absolute atomic E-state index is 0.379. The molecule has 2 N–H and O–H groups in total. The number of carbonyl (C=O) groups is 1. The number of aliphatic carboxylic acids is 1. The maximum absolute atomic E-state index is 11.4. The van der Waals surface area contributed by atoms with Crippen molar-refractivity contribution in [2.45, 2.75) is 19.8 Å². The third kappa shape index (κ3) is 3.38. The lowest BCUT2D eigenvalue weighted by Crippen LogP contribution is -2.21. The van der Waals surface area contributed by atoms with Gasteiger partial charge in [-0.2, -0.15) is 0 Å². The van der Waals surface area contributed by atoms with Crippen molar-refractivity contribution in [2.24, 2.45) is 0 Å². The van der Waals surface area contributed by atoms with Crippen molar-refractivity contribution < 1.29 is 9.90 Å². The van der Waals surface area contributed by atoms with Crippen molar-refractivity contribution in [3.05, 3.63) is 65.2 Å². The molecule has 0 aliphatic heterocycles. The van der Waals surface area contributed by atoms with E-state index in [2.05, 4.69) is 5.32 Å². The Morgan fingerprint density at radius 2 is 1.85 bits per heavy atom. The molecule has 1 atom stereocenters. The highest BCUT2D eigenvalue weighted by Gasteiger charge is 2.19. The second kappa shape index (κ2) is 6.24. The van der Waals surface area contributed by atoms with E-state index >= 15 is 0 Å². The van der Waals surface area contributed by atoms with Crippen molar-refractivity contribution >= 4 is 11.7 Å². The highest BCUT2D eigenvalue weighted by molar-refractivity contribution is 5.77.